The van der Waals surface area contributed by atoms with Crippen LogP contribution in [0.25, 0.3) is 0 Å². The molecule has 82 valence electrons. The summed E-state index contributed by atoms with van der Waals surface area (Å²) in [5, 5.41) is 8.25. The van der Waals surface area contributed by atoms with E-state index in [9.17, 15) is 4.79 Å². The number of hydrogen-bond acceptors (Lipinski definition) is 3. The van der Waals surface area contributed by atoms with Crippen molar-refractivity contribution in [3.05, 3.63) is 11.9 Å². The molecule has 0 amide bonds. The molecule has 4 heteroatoms. The van der Waals surface area contributed by atoms with Crippen LogP contribution < -0.4 is 0 Å². The van der Waals surface area contributed by atoms with E-state index < -0.39 is 0 Å². The Morgan fingerprint density at radius 2 is 2.33 bits per heavy atom. The summed E-state index contributed by atoms with van der Waals surface area (Å²) in [6.07, 6.45) is 7.75. The molecule has 1 heterocycles. The SMILES string of the molecule is Cn1ncc(CC2CCCCCC2=O)n1. The molecule has 1 aromatic rings. The summed E-state index contributed by atoms with van der Waals surface area (Å²) in [5.41, 5.74) is 0.942. The molecule has 0 saturated heterocycles. The fourth-order valence-electron chi connectivity index (χ4n) is 2.18. The molecule has 0 aromatic carbocycles. The van der Waals surface area contributed by atoms with E-state index in [1.54, 1.807) is 18.0 Å². The Bertz CT molecular complexity index is 345. The number of ketones is 1. The van der Waals surface area contributed by atoms with Crippen LogP contribution in [0.5, 0.6) is 0 Å². The lowest BCUT2D eigenvalue weighted by Gasteiger charge is -2.09. The smallest absolute Gasteiger partial charge is 0.136 e. The summed E-state index contributed by atoms with van der Waals surface area (Å²) in [5.74, 6) is 0.599. The minimum atomic E-state index is 0.184. The zero-order chi connectivity index (χ0) is 10.7. The predicted molar refractivity (Wildman–Crippen MR) is 56.3 cm³/mol. The minimum Gasteiger partial charge on any atom is -0.299 e. The zero-order valence-corrected chi connectivity index (χ0v) is 9.15. The first-order chi connectivity index (χ1) is 7.25. The third-order valence-electron chi connectivity index (χ3n) is 3.03. The first-order valence-corrected chi connectivity index (χ1v) is 5.63. The first kappa shape index (κ1) is 10.3. The van der Waals surface area contributed by atoms with Gasteiger partial charge in [-0.05, 0) is 12.8 Å². The molecule has 0 spiro atoms. The third kappa shape index (κ3) is 2.64. The van der Waals surface area contributed by atoms with Crippen molar-refractivity contribution in [3.8, 4) is 0 Å². The molecule has 2 rings (SSSR count). The Labute approximate surface area is 89.7 Å². The van der Waals surface area contributed by atoms with Crippen LogP contribution in [0.4, 0.5) is 0 Å². The fraction of sp³-hybridized carbons (Fsp3) is 0.727. The largest absolute Gasteiger partial charge is 0.299 e. The Kier molecular flexibility index (Phi) is 3.14. The van der Waals surface area contributed by atoms with Crippen molar-refractivity contribution in [3.63, 3.8) is 0 Å². The molecule has 1 atom stereocenters. The number of carbonyl (C=O) groups is 1. The Morgan fingerprint density at radius 1 is 1.47 bits per heavy atom. The second-order valence-electron chi connectivity index (χ2n) is 4.29. The number of Topliss-reactive ketones (excluding diaryl/α,β-unsaturated/α-hetero) is 1. The molecule has 1 aliphatic carbocycles. The summed E-state index contributed by atoms with van der Waals surface area (Å²) in [4.78, 5) is 13.3. The van der Waals surface area contributed by atoms with Crippen LogP contribution in [0.15, 0.2) is 6.20 Å². The van der Waals surface area contributed by atoms with Gasteiger partial charge in [-0.15, -0.1) is 0 Å². The highest BCUT2D eigenvalue weighted by molar-refractivity contribution is 5.81. The second-order valence-corrected chi connectivity index (χ2v) is 4.29. The standard InChI is InChI=1S/C11H17N3O/c1-14-12-8-10(13-14)7-9-5-3-2-4-6-11(9)15/h8-9H,2-7H2,1H3. The van der Waals surface area contributed by atoms with Crippen molar-refractivity contribution < 1.29 is 4.79 Å². The van der Waals surface area contributed by atoms with Gasteiger partial charge in [-0.1, -0.05) is 12.8 Å². The molecular weight excluding hydrogens is 190 g/mol. The average Bonchev–Trinajstić information content (AvgIpc) is 2.50. The van der Waals surface area contributed by atoms with Gasteiger partial charge in [-0.25, -0.2) is 0 Å². The van der Waals surface area contributed by atoms with Crippen molar-refractivity contribution in [2.75, 3.05) is 0 Å². The first-order valence-electron chi connectivity index (χ1n) is 5.63. The van der Waals surface area contributed by atoms with Crippen molar-refractivity contribution in [2.24, 2.45) is 13.0 Å². The summed E-state index contributed by atoms with van der Waals surface area (Å²) >= 11 is 0. The van der Waals surface area contributed by atoms with Gasteiger partial charge in [0.05, 0.1) is 11.9 Å². The Morgan fingerprint density at radius 3 is 3.07 bits per heavy atom. The summed E-state index contributed by atoms with van der Waals surface area (Å²) in [6, 6.07) is 0. The molecule has 1 fully saturated rings. The van der Waals surface area contributed by atoms with E-state index in [1.807, 2.05) is 0 Å². The number of rotatable bonds is 2. The maximum absolute atomic E-state index is 11.8. The van der Waals surface area contributed by atoms with Crippen LogP contribution in [0.2, 0.25) is 0 Å². The van der Waals surface area contributed by atoms with E-state index in [2.05, 4.69) is 10.2 Å². The lowest BCUT2D eigenvalue weighted by atomic mass is 9.94. The van der Waals surface area contributed by atoms with Crippen LogP contribution in [0, 0.1) is 5.92 Å². The van der Waals surface area contributed by atoms with Gasteiger partial charge in [0, 0.05) is 25.8 Å². The van der Waals surface area contributed by atoms with Crippen LogP contribution in [0.1, 0.15) is 37.8 Å². The predicted octanol–water partition coefficient (Wildman–Crippen LogP) is 1.51. The van der Waals surface area contributed by atoms with Gasteiger partial charge in [-0.3, -0.25) is 4.79 Å². The number of nitrogens with zero attached hydrogens (tertiary/aromatic N) is 3. The maximum Gasteiger partial charge on any atom is 0.136 e. The molecule has 1 aromatic heterocycles. The van der Waals surface area contributed by atoms with Gasteiger partial charge in [-0.2, -0.15) is 15.0 Å². The quantitative estimate of drug-likeness (QED) is 0.690. The van der Waals surface area contributed by atoms with Crippen molar-refractivity contribution in [2.45, 2.75) is 38.5 Å². The van der Waals surface area contributed by atoms with Crippen molar-refractivity contribution in [1.82, 2.24) is 15.0 Å². The lowest BCUT2D eigenvalue weighted by molar-refractivity contribution is -0.122. The van der Waals surface area contributed by atoms with E-state index in [0.717, 1.165) is 31.4 Å². The van der Waals surface area contributed by atoms with Gasteiger partial charge < -0.3 is 0 Å². The van der Waals surface area contributed by atoms with Crippen molar-refractivity contribution >= 4 is 5.78 Å². The molecule has 0 radical (unpaired) electrons. The molecular formula is C11H17N3O. The maximum atomic E-state index is 11.8. The van der Waals surface area contributed by atoms with E-state index in [4.69, 9.17) is 0 Å². The van der Waals surface area contributed by atoms with E-state index in [1.165, 1.54) is 12.8 Å². The molecule has 1 saturated carbocycles. The number of aromatic nitrogens is 3. The van der Waals surface area contributed by atoms with E-state index >= 15 is 0 Å². The van der Waals surface area contributed by atoms with E-state index in [0.29, 0.717) is 5.78 Å². The number of aryl methyl sites for hydroxylation is 1. The summed E-state index contributed by atoms with van der Waals surface area (Å²) in [6.45, 7) is 0. The number of carbonyl (C=O) groups excluding carboxylic acids is 1. The molecule has 0 bridgehead atoms. The highest BCUT2D eigenvalue weighted by Gasteiger charge is 2.21. The highest BCUT2D eigenvalue weighted by Crippen LogP contribution is 2.22. The number of hydrogen-bond donors (Lipinski definition) is 0. The Hall–Kier alpha value is -1.19. The average molecular weight is 207 g/mol. The molecule has 15 heavy (non-hydrogen) atoms. The van der Waals surface area contributed by atoms with Crippen LogP contribution in [-0.2, 0) is 18.3 Å². The normalized spacial score (nSPS) is 22.7. The summed E-state index contributed by atoms with van der Waals surface area (Å²) in [7, 11) is 1.80. The molecule has 0 aliphatic heterocycles. The fourth-order valence-corrected chi connectivity index (χ4v) is 2.18. The van der Waals surface area contributed by atoms with Gasteiger partial charge in [0.2, 0.25) is 0 Å². The molecule has 0 N–H and O–H groups in total. The molecule has 1 aliphatic rings. The van der Waals surface area contributed by atoms with E-state index in [-0.39, 0.29) is 5.92 Å². The molecule has 4 nitrogen and oxygen atoms in total. The van der Waals surface area contributed by atoms with Crippen molar-refractivity contribution in [1.29, 1.82) is 0 Å². The molecule has 1 unspecified atom stereocenters. The lowest BCUT2D eigenvalue weighted by Crippen LogP contribution is -2.15. The zero-order valence-electron chi connectivity index (χ0n) is 9.15. The van der Waals surface area contributed by atoms with Crippen LogP contribution in [-0.4, -0.2) is 20.8 Å². The van der Waals surface area contributed by atoms with Gasteiger partial charge >= 0.3 is 0 Å². The van der Waals surface area contributed by atoms with Crippen LogP contribution in [0.3, 0.4) is 0 Å². The topological polar surface area (TPSA) is 47.8 Å². The Balaban J connectivity index is 2.00. The third-order valence-corrected chi connectivity index (χ3v) is 3.03. The van der Waals surface area contributed by atoms with Gasteiger partial charge in [0.15, 0.2) is 0 Å². The second kappa shape index (κ2) is 4.55. The van der Waals surface area contributed by atoms with Gasteiger partial charge in [0.1, 0.15) is 5.78 Å². The van der Waals surface area contributed by atoms with Gasteiger partial charge in [0.25, 0.3) is 0 Å². The minimum absolute atomic E-state index is 0.184. The van der Waals surface area contributed by atoms with Crippen LogP contribution >= 0.6 is 0 Å². The highest BCUT2D eigenvalue weighted by atomic mass is 16.1. The summed E-state index contributed by atoms with van der Waals surface area (Å²) < 4.78 is 0. The monoisotopic (exact) mass is 207 g/mol.